The van der Waals surface area contributed by atoms with Crippen LogP contribution in [0, 0.1) is 12.3 Å². The number of hydrogen-bond acceptors (Lipinski definition) is 3. The number of carboxylic acids is 1. The maximum Gasteiger partial charge on any atom is 0.303 e. The van der Waals surface area contributed by atoms with Crippen molar-refractivity contribution in [1.82, 2.24) is 0 Å². The number of nitrogens with zero attached hydrogens (tertiary/aromatic N) is 2. The van der Waals surface area contributed by atoms with E-state index in [4.69, 9.17) is 11.5 Å². The topological polar surface area (TPSA) is 62.0 Å². The monoisotopic (exact) mass is 304 g/mol. The van der Waals surface area contributed by atoms with Gasteiger partial charge in [0, 0.05) is 12.8 Å². The molecule has 0 aromatic heterocycles. The van der Waals surface area contributed by atoms with E-state index in [0.717, 1.165) is 57.8 Å². The molecule has 0 aromatic rings. The predicted octanol–water partition coefficient (Wildman–Crippen LogP) is 5.10. The summed E-state index contributed by atoms with van der Waals surface area (Å²) in [5.74, 6) is 1.97. The lowest BCUT2D eigenvalue weighted by Crippen LogP contribution is -2.09. The lowest BCUT2D eigenvalue weighted by atomic mass is 10.0. The molecule has 0 atom stereocenters. The number of unbranched alkanes of at least 4 members (excludes halogenated alkanes) is 6. The van der Waals surface area contributed by atoms with Crippen molar-refractivity contribution >= 4 is 5.97 Å². The highest BCUT2D eigenvalue weighted by Crippen LogP contribution is 2.38. The molecular weight excluding hydrogens is 276 g/mol. The Morgan fingerprint density at radius 1 is 1.00 bits per heavy atom. The fourth-order valence-corrected chi connectivity index (χ4v) is 2.49. The third kappa shape index (κ3) is 9.33. The Labute approximate surface area is 134 Å². The number of carbonyl (C=O) groups is 1. The number of rotatable bonds is 14. The van der Waals surface area contributed by atoms with Crippen molar-refractivity contribution in [2.45, 2.75) is 82.7 Å². The molecule has 1 rings (SSSR count). The zero-order valence-corrected chi connectivity index (χ0v) is 13.5. The van der Waals surface area contributed by atoms with Gasteiger partial charge in [-0.2, -0.15) is 10.2 Å². The van der Waals surface area contributed by atoms with Crippen molar-refractivity contribution < 1.29 is 9.90 Å². The largest absolute Gasteiger partial charge is 0.481 e. The van der Waals surface area contributed by atoms with Crippen LogP contribution in [0.1, 0.15) is 77.0 Å². The van der Waals surface area contributed by atoms with Crippen molar-refractivity contribution in [3.05, 3.63) is 12.2 Å². The summed E-state index contributed by atoms with van der Waals surface area (Å²) in [5.41, 5.74) is -0.106. The first kappa shape index (κ1) is 18.4. The lowest BCUT2D eigenvalue weighted by Gasteiger charge is -2.07. The van der Waals surface area contributed by atoms with Gasteiger partial charge < -0.3 is 5.11 Å². The molecule has 0 saturated heterocycles. The third-order valence-electron chi connectivity index (χ3n) is 3.92. The molecule has 0 aliphatic carbocycles. The average molecular weight is 304 g/mol. The van der Waals surface area contributed by atoms with Gasteiger partial charge in [-0.1, -0.05) is 31.4 Å². The van der Waals surface area contributed by atoms with Crippen molar-refractivity contribution in [3.8, 4) is 12.3 Å². The SMILES string of the molecule is C#CCCCC1(CCC=CCCCCCCCC(=O)O)N=N1. The molecule has 0 amide bonds. The van der Waals surface area contributed by atoms with E-state index in [0.29, 0.717) is 6.42 Å². The summed E-state index contributed by atoms with van der Waals surface area (Å²) in [6.07, 6.45) is 21.3. The Morgan fingerprint density at radius 3 is 2.36 bits per heavy atom. The summed E-state index contributed by atoms with van der Waals surface area (Å²) in [4.78, 5) is 10.4. The highest BCUT2D eigenvalue weighted by Gasteiger charge is 2.37. The van der Waals surface area contributed by atoms with Crippen LogP contribution in [-0.2, 0) is 4.79 Å². The maximum atomic E-state index is 10.4. The molecule has 4 heteroatoms. The summed E-state index contributed by atoms with van der Waals surface area (Å²) in [5, 5.41) is 16.9. The lowest BCUT2D eigenvalue weighted by molar-refractivity contribution is -0.137. The van der Waals surface area contributed by atoms with E-state index in [9.17, 15) is 4.79 Å². The molecule has 0 unspecified atom stereocenters. The van der Waals surface area contributed by atoms with Crippen LogP contribution in [-0.4, -0.2) is 16.7 Å². The van der Waals surface area contributed by atoms with Crippen molar-refractivity contribution in [2.24, 2.45) is 10.2 Å². The molecule has 1 aliphatic heterocycles. The van der Waals surface area contributed by atoms with E-state index < -0.39 is 5.97 Å². The minimum atomic E-state index is -0.686. The van der Waals surface area contributed by atoms with Gasteiger partial charge in [0.05, 0.1) is 0 Å². The van der Waals surface area contributed by atoms with Crippen LogP contribution < -0.4 is 0 Å². The number of carboxylic acid groups (broad SMARTS) is 1. The number of terminal acetylenes is 1. The van der Waals surface area contributed by atoms with E-state index in [-0.39, 0.29) is 5.66 Å². The first-order valence-electron chi connectivity index (χ1n) is 8.43. The number of allylic oxidation sites excluding steroid dienone is 2. The van der Waals surface area contributed by atoms with E-state index in [1.807, 2.05) is 0 Å². The number of aliphatic carboxylic acids is 1. The fourth-order valence-electron chi connectivity index (χ4n) is 2.49. The second kappa shape index (κ2) is 11.0. The minimum absolute atomic E-state index is 0.106. The Morgan fingerprint density at radius 2 is 1.68 bits per heavy atom. The van der Waals surface area contributed by atoms with Gasteiger partial charge in [0.2, 0.25) is 0 Å². The van der Waals surface area contributed by atoms with Gasteiger partial charge in [-0.15, -0.1) is 12.3 Å². The van der Waals surface area contributed by atoms with Gasteiger partial charge in [-0.25, -0.2) is 0 Å². The highest BCUT2D eigenvalue weighted by atomic mass is 16.4. The van der Waals surface area contributed by atoms with Crippen LogP contribution in [0.2, 0.25) is 0 Å². The maximum absolute atomic E-state index is 10.4. The Hall–Kier alpha value is -1.63. The molecular formula is C18H28N2O2. The summed E-state index contributed by atoms with van der Waals surface area (Å²) in [7, 11) is 0. The molecule has 0 bridgehead atoms. The predicted molar refractivity (Wildman–Crippen MR) is 88.6 cm³/mol. The van der Waals surface area contributed by atoms with Gasteiger partial charge in [0.15, 0.2) is 5.66 Å². The number of hydrogen-bond donors (Lipinski definition) is 1. The molecule has 1 aliphatic rings. The highest BCUT2D eigenvalue weighted by molar-refractivity contribution is 5.66. The zero-order valence-electron chi connectivity index (χ0n) is 13.5. The van der Waals surface area contributed by atoms with Gasteiger partial charge in [0.25, 0.3) is 0 Å². The first-order valence-corrected chi connectivity index (χ1v) is 8.43. The van der Waals surface area contributed by atoms with E-state index in [1.54, 1.807) is 0 Å². The quantitative estimate of drug-likeness (QED) is 0.275. The Balaban J connectivity index is 1.88. The minimum Gasteiger partial charge on any atom is -0.481 e. The average Bonchev–Trinajstić information content (AvgIpc) is 3.25. The van der Waals surface area contributed by atoms with E-state index in [1.165, 1.54) is 12.8 Å². The molecule has 22 heavy (non-hydrogen) atoms. The van der Waals surface area contributed by atoms with Crippen LogP contribution in [0.4, 0.5) is 0 Å². The molecule has 1 heterocycles. The molecule has 0 saturated carbocycles. The van der Waals surface area contributed by atoms with Crippen LogP contribution in [0.25, 0.3) is 0 Å². The third-order valence-corrected chi connectivity index (χ3v) is 3.92. The van der Waals surface area contributed by atoms with Crippen molar-refractivity contribution in [3.63, 3.8) is 0 Å². The molecule has 1 N–H and O–H groups in total. The van der Waals surface area contributed by atoms with Gasteiger partial charge in [0.1, 0.15) is 0 Å². The smallest absolute Gasteiger partial charge is 0.303 e. The van der Waals surface area contributed by atoms with Crippen LogP contribution in [0.3, 0.4) is 0 Å². The molecule has 0 spiro atoms. The zero-order chi connectivity index (χ0) is 16.1. The van der Waals surface area contributed by atoms with Crippen LogP contribution in [0.15, 0.2) is 22.4 Å². The molecule has 0 aromatic carbocycles. The Kier molecular flexibility index (Phi) is 9.21. The molecule has 122 valence electrons. The van der Waals surface area contributed by atoms with Gasteiger partial charge >= 0.3 is 5.97 Å². The van der Waals surface area contributed by atoms with Crippen molar-refractivity contribution in [1.29, 1.82) is 0 Å². The summed E-state index contributed by atoms with van der Waals surface area (Å²) in [6.45, 7) is 0. The second-order valence-corrected chi connectivity index (χ2v) is 5.95. The summed E-state index contributed by atoms with van der Waals surface area (Å²) < 4.78 is 0. The standard InChI is InChI=1S/C18H28N2O2/c1-2-3-12-15-18(19-20-18)16-13-10-8-6-4-5-7-9-11-14-17(21)22/h1,8,10H,3-7,9,11-16H2,(H,21,22). The fraction of sp³-hybridized carbons (Fsp3) is 0.722. The summed E-state index contributed by atoms with van der Waals surface area (Å²) in [6, 6.07) is 0. The Bertz CT molecular complexity index is 415. The van der Waals surface area contributed by atoms with Crippen LogP contribution in [0.5, 0.6) is 0 Å². The van der Waals surface area contributed by atoms with Crippen LogP contribution >= 0.6 is 0 Å². The van der Waals surface area contributed by atoms with Crippen molar-refractivity contribution in [2.75, 3.05) is 0 Å². The van der Waals surface area contributed by atoms with E-state index >= 15 is 0 Å². The summed E-state index contributed by atoms with van der Waals surface area (Å²) >= 11 is 0. The molecule has 4 nitrogen and oxygen atoms in total. The normalized spacial score (nSPS) is 15.0. The molecule has 0 fully saturated rings. The van der Waals surface area contributed by atoms with Gasteiger partial charge in [-0.3, -0.25) is 4.79 Å². The first-order chi connectivity index (χ1) is 10.7. The second-order valence-electron chi connectivity index (χ2n) is 5.95. The van der Waals surface area contributed by atoms with Gasteiger partial charge in [-0.05, 0) is 44.9 Å². The molecule has 0 radical (unpaired) electrons. The van der Waals surface area contributed by atoms with E-state index in [2.05, 4.69) is 28.3 Å².